The van der Waals surface area contributed by atoms with Crippen LogP contribution in [0.25, 0.3) is 0 Å². The molecule has 1 aliphatic carbocycles. The Hall–Kier alpha value is -1.58. The fourth-order valence-corrected chi connectivity index (χ4v) is 2.46. The molecule has 0 unspecified atom stereocenters. The Morgan fingerprint density at radius 1 is 1.62 bits per heavy atom. The molecule has 1 aliphatic rings. The summed E-state index contributed by atoms with van der Waals surface area (Å²) in [4.78, 5) is 23.6. The third-order valence-corrected chi connectivity index (χ3v) is 3.49. The minimum Gasteiger partial charge on any atom is -0.472 e. The molecular formula is C12H14O4. The molecule has 0 aromatic carbocycles. The van der Waals surface area contributed by atoms with E-state index in [1.54, 1.807) is 25.5 Å². The highest BCUT2D eigenvalue weighted by atomic mass is 16.5. The van der Waals surface area contributed by atoms with Gasteiger partial charge in [0, 0.05) is 12.3 Å². The highest BCUT2D eigenvalue weighted by Gasteiger charge is 2.53. The van der Waals surface area contributed by atoms with E-state index < -0.39 is 11.4 Å². The standard InChI is InChI=1S/C12H14O4/c1-12(11(14)15-2)9(3-4-10(12)13)8-5-6-16-7-8/h5-7,9H,3-4H2,1-2H3/t9-,12+/m1/s1. The summed E-state index contributed by atoms with van der Waals surface area (Å²) in [5.41, 5.74) is -0.169. The highest BCUT2D eigenvalue weighted by molar-refractivity contribution is 6.06. The van der Waals surface area contributed by atoms with Gasteiger partial charge >= 0.3 is 5.97 Å². The number of rotatable bonds is 2. The van der Waals surface area contributed by atoms with E-state index in [-0.39, 0.29) is 11.7 Å². The van der Waals surface area contributed by atoms with Crippen LogP contribution in [0.4, 0.5) is 0 Å². The maximum atomic E-state index is 11.9. The molecule has 4 heteroatoms. The van der Waals surface area contributed by atoms with Gasteiger partial charge in [0.15, 0.2) is 5.78 Å². The number of esters is 1. The topological polar surface area (TPSA) is 56.5 Å². The van der Waals surface area contributed by atoms with E-state index in [0.29, 0.717) is 12.8 Å². The van der Waals surface area contributed by atoms with E-state index >= 15 is 0 Å². The highest BCUT2D eigenvalue weighted by Crippen LogP contribution is 2.47. The molecule has 2 atom stereocenters. The van der Waals surface area contributed by atoms with Crippen LogP contribution in [0, 0.1) is 5.41 Å². The zero-order chi connectivity index (χ0) is 11.8. The van der Waals surface area contributed by atoms with Crippen molar-refractivity contribution in [3.8, 4) is 0 Å². The van der Waals surface area contributed by atoms with Crippen LogP contribution in [0.15, 0.2) is 23.0 Å². The van der Waals surface area contributed by atoms with Crippen molar-refractivity contribution < 1.29 is 18.7 Å². The molecule has 2 rings (SSSR count). The van der Waals surface area contributed by atoms with Crippen molar-refractivity contribution in [2.75, 3.05) is 7.11 Å². The molecule has 1 heterocycles. The lowest BCUT2D eigenvalue weighted by Crippen LogP contribution is -2.37. The Kier molecular flexibility index (Phi) is 2.58. The van der Waals surface area contributed by atoms with Crippen LogP contribution in [0.5, 0.6) is 0 Å². The summed E-state index contributed by atoms with van der Waals surface area (Å²) in [6.07, 6.45) is 4.23. The molecule has 0 spiro atoms. The average molecular weight is 222 g/mol. The van der Waals surface area contributed by atoms with Gasteiger partial charge in [-0.1, -0.05) is 0 Å². The largest absolute Gasteiger partial charge is 0.472 e. The van der Waals surface area contributed by atoms with Crippen molar-refractivity contribution in [1.29, 1.82) is 0 Å². The summed E-state index contributed by atoms with van der Waals surface area (Å²) in [7, 11) is 1.31. The molecular weight excluding hydrogens is 208 g/mol. The van der Waals surface area contributed by atoms with Gasteiger partial charge < -0.3 is 9.15 Å². The maximum Gasteiger partial charge on any atom is 0.319 e. The molecule has 1 fully saturated rings. The van der Waals surface area contributed by atoms with Crippen molar-refractivity contribution >= 4 is 11.8 Å². The molecule has 1 saturated carbocycles. The predicted octanol–water partition coefficient (Wildman–Crippen LogP) is 1.91. The van der Waals surface area contributed by atoms with E-state index in [4.69, 9.17) is 9.15 Å². The first-order valence-electron chi connectivity index (χ1n) is 5.24. The number of furan rings is 1. The Morgan fingerprint density at radius 3 is 2.94 bits per heavy atom. The summed E-state index contributed by atoms with van der Waals surface area (Å²) < 4.78 is 9.75. The van der Waals surface area contributed by atoms with Gasteiger partial charge in [-0.05, 0) is 25.0 Å². The number of hydrogen-bond donors (Lipinski definition) is 0. The van der Waals surface area contributed by atoms with Crippen molar-refractivity contribution in [3.05, 3.63) is 24.2 Å². The van der Waals surface area contributed by atoms with Gasteiger partial charge in [0.05, 0.1) is 19.6 Å². The molecule has 0 bridgehead atoms. The summed E-state index contributed by atoms with van der Waals surface area (Å²) in [5, 5.41) is 0. The van der Waals surface area contributed by atoms with Gasteiger partial charge in [0.25, 0.3) is 0 Å². The van der Waals surface area contributed by atoms with Crippen LogP contribution in [-0.2, 0) is 14.3 Å². The van der Waals surface area contributed by atoms with Crippen molar-refractivity contribution in [2.24, 2.45) is 5.41 Å². The maximum absolute atomic E-state index is 11.9. The average Bonchev–Trinajstić information content (AvgIpc) is 2.88. The Bertz CT molecular complexity index is 407. The van der Waals surface area contributed by atoms with Crippen molar-refractivity contribution in [1.82, 2.24) is 0 Å². The molecule has 0 radical (unpaired) electrons. The lowest BCUT2D eigenvalue weighted by molar-refractivity contribution is -0.156. The number of methoxy groups -OCH3 is 1. The smallest absolute Gasteiger partial charge is 0.319 e. The molecule has 4 nitrogen and oxygen atoms in total. The van der Waals surface area contributed by atoms with Crippen LogP contribution < -0.4 is 0 Å². The van der Waals surface area contributed by atoms with E-state index in [0.717, 1.165) is 5.56 Å². The number of hydrogen-bond acceptors (Lipinski definition) is 4. The lowest BCUT2D eigenvalue weighted by Gasteiger charge is -2.26. The van der Waals surface area contributed by atoms with E-state index in [1.165, 1.54) is 7.11 Å². The predicted molar refractivity (Wildman–Crippen MR) is 55.8 cm³/mol. The van der Waals surface area contributed by atoms with Crippen molar-refractivity contribution in [3.63, 3.8) is 0 Å². The molecule has 1 aromatic rings. The van der Waals surface area contributed by atoms with Gasteiger partial charge in [-0.15, -0.1) is 0 Å². The van der Waals surface area contributed by atoms with Gasteiger partial charge in [0.2, 0.25) is 0 Å². The second kappa shape index (κ2) is 3.77. The Morgan fingerprint density at radius 2 is 2.38 bits per heavy atom. The zero-order valence-electron chi connectivity index (χ0n) is 9.36. The van der Waals surface area contributed by atoms with Crippen LogP contribution >= 0.6 is 0 Å². The van der Waals surface area contributed by atoms with Crippen LogP contribution in [0.3, 0.4) is 0 Å². The molecule has 0 aliphatic heterocycles. The molecule has 1 aromatic heterocycles. The number of ketones is 1. The van der Waals surface area contributed by atoms with E-state index in [9.17, 15) is 9.59 Å². The quantitative estimate of drug-likeness (QED) is 0.566. The molecule has 0 saturated heterocycles. The van der Waals surface area contributed by atoms with Gasteiger partial charge in [0.1, 0.15) is 5.41 Å². The second-order valence-electron chi connectivity index (χ2n) is 4.27. The van der Waals surface area contributed by atoms with E-state index in [1.807, 2.05) is 0 Å². The second-order valence-corrected chi connectivity index (χ2v) is 4.27. The van der Waals surface area contributed by atoms with Crippen LogP contribution in [0.2, 0.25) is 0 Å². The Balaban J connectivity index is 2.40. The number of Topliss-reactive ketones (excluding diaryl/α,β-unsaturated/α-hetero) is 1. The summed E-state index contributed by atoms with van der Waals surface area (Å²) in [6, 6.07) is 1.80. The fraction of sp³-hybridized carbons (Fsp3) is 0.500. The Labute approximate surface area is 93.6 Å². The monoisotopic (exact) mass is 222 g/mol. The van der Waals surface area contributed by atoms with Crippen molar-refractivity contribution in [2.45, 2.75) is 25.7 Å². The third kappa shape index (κ3) is 1.37. The van der Waals surface area contributed by atoms with Gasteiger partial charge in [-0.3, -0.25) is 9.59 Å². The minimum atomic E-state index is -1.06. The summed E-state index contributed by atoms with van der Waals surface area (Å²) in [6.45, 7) is 1.66. The fourth-order valence-electron chi connectivity index (χ4n) is 2.46. The summed E-state index contributed by atoms with van der Waals surface area (Å²) in [5.74, 6) is -0.641. The van der Waals surface area contributed by atoms with Gasteiger partial charge in [-0.2, -0.15) is 0 Å². The van der Waals surface area contributed by atoms with Crippen LogP contribution in [-0.4, -0.2) is 18.9 Å². The third-order valence-electron chi connectivity index (χ3n) is 3.49. The molecule has 86 valence electrons. The number of ether oxygens (including phenoxy) is 1. The normalized spacial score (nSPS) is 29.4. The first-order chi connectivity index (χ1) is 7.60. The minimum absolute atomic E-state index is 0.0504. The SMILES string of the molecule is COC(=O)[C@]1(C)C(=O)CC[C@@H]1c1ccoc1. The number of carbonyl (C=O) groups is 2. The molecule has 0 amide bonds. The first kappa shape index (κ1) is 10.9. The lowest BCUT2D eigenvalue weighted by atomic mass is 9.76. The summed E-state index contributed by atoms with van der Waals surface area (Å²) >= 11 is 0. The van der Waals surface area contributed by atoms with Crippen LogP contribution in [0.1, 0.15) is 31.2 Å². The first-order valence-corrected chi connectivity index (χ1v) is 5.24. The molecule has 16 heavy (non-hydrogen) atoms. The van der Waals surface area contributed by atoms with E-state index in [2.05, 4.69) is 0 Å². The zero-order valence-corrected chi connectivity index (χ0v) is 9.36. The number of carbonyl (C=O) groups excluding carboxylic acids is 2. The van der Waals surface area contributed by atoms with Gasteiger partial charge in [-0.25, -0.2) is 0 Å². The molecule has 0 N–H and O–H groups in total.